The maximum Gasteiger partial charge on any atom is 0.331 e. The molecule has 282 valence electrons. The van der Waals surface area contributed by atoms with Gasteiger partial charge in [0.05, 0.1) is 11.4 Å². The van der Waals surface area contributed by atoms with Gasteiger partial charge in [0.1, 0.15) is 12.1 Å². The van der Waals surface area contributed by atoms with E-state index in [0.29, 0.717) is 17.8 Å². The molecule has 2 rings (SSSR count). The van der Waals surface area contributed by atoms with Gasteiger partial charge in [0, 0.05) is 12.4 Å². The molecule has 6 heteroatoms. The van der Waals surface area contributed by atoms with E-state index in [1.807, 2.05) is 74.7 Å². The molecule has 0 fully saturated rings. The maximum atomic E-state index is 12.3. The Bertz CT molecular complexity index is 1260. The summed E-state index contributed by atoms with van der Waals surface area (Å²) in [5.74, 6) is 1.92. The molecule has 0 heterocycles. The van der Waals surface area contributed by atoms with Crippen LogP contribution in [0.1, 0.15) is 144 Å². The normalized spacial score (nSPS) is 15.3. The van der Waals surface area contributed by atoms with E-state index < -0.39 is 6.04 Å². The summed E-state index contributed by atoms with van der Waals surface area (Å²) in [6, 6.07) is 16.9. The minimum atomic E-state index is -0.417. The van der Waals surface area contributed by atoms with Gasteiger partial charge < -0.3 is 4.74 Å². The summed E-state index contributed by atoms with van der Waals surface area (Å²) < 4.78 is 5.46. The van der Waals surface area contributed by atoms with E-state index in [-0.39, 0.29) is 46.9 Å². The van der Waals surface area contributed by atoms with Crippen LogP contribution in [-0.2, 0) is 27.2 Å². The fraction of sp³-hybridized carbons (Fsp3) is 0.636. The zero-order chi connectivity index (χ0) is 38.6. The lowest BCUT2D eigenvalue weighted by Gasteiger charge is -2.19. The van der Waals surface area contributed by atoms with Crippen LogP contribution in [0.3, 0.4) is 0 Å². The lowest BCUT2D eigenvalue weighted by atomic mass is 9.96. The van der Waals surface area contributed by atoms with Gasteiger partial charge in [0.15, 0.2) is 5.78 Å². The molecule has 6 unspecified atom stereocenters. The fourth-order valence-electron chi connectivity index (χ4n) is 5.08. The minimum absolute atomic E-state index is 0.0548. The number of rotatable bonds is 17. The number of hydrogen-bond acceptors (Lipinski definition) is 6. The van der Waals surface area contributed by atoms with E-state index >= 15 is 0 Å². The molecule has 0 N–H and O–H groups in total. The van der Waals surface area contributed by atoms with Crippen LogP contribution >= 0.6 is 12.6 Å². The standard InChI is InChI=1S/C22H35NO2.C20H31NOS.C2H6/c1-8-18(7)25-22(24)21(16(4)5)23-14-17(6)13-19-9-11-20(12-10-19)15(2)3;1-13(2)18-9-7-17(8-10-18)11-15(5)12-21-19(14(3)4)20(22)16(6)23;1-2/h9-12,14-18,21H,8,13H2,1-7H3;7-10,12-16,19,23H,11H2,1-6H3;1-2H3. The van der Waals surface area contributed by atoms with Gasteiger partial charge in [0.2, 0.25) is 0 Å². The summed E-state index contributed by atoms with van der Waals surface area (Å²) in [4.78, 5) is 33.6. The molecule has 5 nitrogen and oxygen atoms in total. The Balaban J connectivity index is 0.000000918. The SMILES string of the molecule is CC.CC(C=NC(C(=O)C(C)S)C(C)C)Cc1ccc(C(C)C)cc1.CCC(C)OC(=O)C(N=CC(C)Cc1ccc(C(C)C)cc1)C(C)C. The van der Waals surface area contributed by atoms with Gasteiger partial charge in [-0.25, -0.2) is 4.79 Å². The van der Waals surface area contributed by atoms with Crippen molar-refractivity contribution in [3.63, 3.8) is 0 Å². The second-order valence-corrected chi connectivity index (χ2v) is 15.6. The van der Waals surface area contributed by atoms with Crippen molar-refractivity contribution in [1.82, 2.24) is 0 Å². The molecule has 0 saturated carbocycles. The van der Waals surface area contributed by atoms with Gasteiger partial charge >= 0.3 is 5.97 Å². The maximum absolute atomic E-state index is 12.3. The molecule has 2 aromatic rings. The lowest BCUT2D eigenvalue weighted by molar-refractivity contribution is -0.150. The van der Waals surface area contributed by atoms with Gasteiger partial charge in [0.25, 0.3) is 0 Å². The number of nitrogens with zero attached hydrogens (tertiary/aromatic N) is 2. The number of thiol groups is 1. The molecule has 0 aliphatic carbocycles. The highest BCUT2D eigenvalue weighted by Gasteiger charge is 2.25. The van der Waals surface area contributed by atoms with Crippen molar-refractivity contribution < 1.29 is 14.3 Å². The summed E-state index contributed by atoms with van der Waals surface area (Å²) >= 11 is 4.25. The Hall–Kier alpha value is -2.73. The largest absolute Gasteiger partial charge is 0.461 e. The van der Waals surface area contributed by atoms with E-state index in [0.717, 1.165) is 19.3 Å². The summed E-state index contributed by atoms with van der Waals surface area (Å²) in [6.45, 7) is 30.9. The first-order chi connectivity index (χ1) is 23.5. The van der Waals surface area contributed by atoms with Crippen LogP contribution in [0.4, 0.5) is 0 Å². The quantitative estimate of drug-likeness (QED) is 0.101. The summed E-state index contributed by atoms with van der Waals surface area (Å²) in [5.41, 5.74) is 5.33. The third-order valence-electron chi connectivity index (χ3n) is 8.51. The van der Waals surface area contributed by atoms with Gasteiger partial charge in [-0.3, -0.25) is 14.8 Å². The summed E-state index contributed by atoms with van der Waals surface area (Å²) in [6.07, 6.45) is 6.49. The monoisotopic (exact) mass is 709 g/mol. The average molecular weight is 709 g/mol. The topological polar surface area (TPSA) is 68.1 Å². The van der Waals surface area contributed by atoms with Crippen LogP contribution in [0.15, 0.2) is 58.5 Å². The first-order valence-corrected chi connectivity index (χ1v) is 19.6. The predicted octanol–water partition coefficient (Wildman–Crippen LogP) is 11.4. The number of benzene rings is 2. The van der Waals surface area contributed by atoms with E-state index in [4.69, 9.17) is 4.74 Å². The van der Waals surface area contributed by atoms with Crippen LogP contribution in [0.25, 0.3) is 0 Å². The molecule has 0 aliphatic heterocycles. The van der Waals surface area contributed by atoms with Gasteiger partial charge in [-0.05, 0) is 90.9 Å². The van der Waals surface area contributed by atoms with Crippen molar-refractivity contribution in [3.05, 3.63) is 70.8 Å². The number of aliphatic imine (C=N–C) groups is 2. The van der Waals surface area contributed by atoms with Crippen molar-refractivity contribution in [2.75, 3.05) is 0 Å². The fourth-order valence-corrected chi connectivity index (χ4v) is 5.24. The Kier molecular flexibility index (Phi) is 23.9. The molecule has 0 aliphatic rings. The molecule has 0 spiro atoms. The van der Waals surface area contributed by atoms with Gasteiger partial charge in [-0.15, -0.1) is 0 Å². The van der Waals surface area contributed by atoms with Gasteiger partial charge in [-0.2, -0.15) is 12.6 Å². The summed E-state index contributed by atoms with van der Waals surface area (Å²) in [5, 5.41) is -0.265. The third-order valence-corrected chi connectivity index (χ3v) is 8.76. The Morgan fingerprint density at radius 3 is 1.30 bits per heavy atom. The highest BCUT2D eigenvalue weighted by Crippen LogP contribution is 2.19. The van der Waals surface area contributed by atoms with Crippen LogP contribution in [0.2, 0.25) is 0 Å². The molecular formula is C44H72N2O3S. The average Bonchev–Trinajstić information content (AvgIpc) is 3.06. The van der Waals surface area contributed by atoms with Crippen LogP contribution in [-0.4, -0.2) is 47.6 Å². The molecule has 6 atom stereocenters. The predicted molar refractivity (Wildman–Crippen MR) is 222 cm³/mol. The number of hydrogen-bond donors (Lipinski definition) is 1. The molecule has 0 amide bonds. The number of carbonyl (C=O) groups is 2. The second-order valence-electron chi connectivity index (χ2n) is 14.9. The first kappa shape index (κ1) is 47.3. The summed E-state index contributed by atoms with van der Waals surface area (Å²) in [7, 11) is 0. The van der Waals surface area contributed by atoms with Crippen LogP contribution in [0, 0.1) is 23.7 Å². The zero-order valence-corrected chi connectivity index (χ0v) is 35.1. The highest BCUT2D eigenvalue weighted by atomic mass is 32.1. The van der Waals surface area contributed by atoms with Crippen molar-refractivity contribution in [3.8, 4) is 0 Å². The molecule has 2 aromatic carbocycles. The Morgan fingerprint density at radius 2 is 1.00 bits per heavy atom. The molecule has 0 saturated heterocycles. The Morgan fingerprint density at radius 1 is 0.640 bits per heavy atom. The van der Waals surface area contributed by atoms with E-state index in [1.54, 1.807) is 0 Å². The smallest absolute Gasteiger partial charge is 0.331 e. The van der Waals surface area contributed by atoms with E-state index in [2.05, 4.69) is 113 Å². The number of ether oxygens (including phenoxy) is 1. The van der Waals surface area contributed by atoms with E-state index in [1.165, 1.54) is 22.3 Å². The zero-order valence-electron chi connectivity index (χ0n) is 34.2. The van der Waals surface area contributed by atoms with Gasteiger partial charge in [-0.1, -0.05) is 139 Å². The highest BCUT2D eigenvalue weighted by molar-refractivity contribution is 7.81. The number of Topliss-reactive ketones (excluding diaryl/α,β-unsaturated/α-hetero) is 1. The molecule has 0 radical (unpaired) electrons. The molecule has 0 bridgehead atoms. The minimum Gasteiger partial charge on any atom is -0.461 e. The Labute approximate surface area is 313 Å². The number of carbonyl (C=O) groups excluding carboxylic acids is 2. The van der Waals surface area contributed by atoms with Crippen molar-refractivity contribution in [2.24, 2.45) is 33.7 Å². The first-order valence-electron chi connectivity index (χ1n) is 19.1. The number of esters is 1. The van der Waals surface area contributed by atoms with Crippen molar-refractivity contribution >= 4 is 36.8 Å². The molecule has 0 aromatic heterocycles. The van der Waals surface area contributed by atoms with Crippen LogP contribution < -0.4 is 0 Å². The second kappa shape index (κ2) is 25.3. The number of ketones is 1. The molecule has 50 heavy (non-hydrogen) atoms. The van der Waals surface area contributed by atoms with E-state index in [9.17, 15) is 9.59 Å². The third kappa shape index (κ3) is 18.5. The lowest BCUT2D eigenvalue weighted by Crippen LogP contribution is -2.30. The molecular weight excluding hydrogens is 637 g/mol. The van der Waals surface area contributed by atoms with Crippen LogP contribution in [0.5, 0.6) is 0 Å². The van der Waals surface area contributed by atoms with Crippen molar-refractivity contribution in [2.45, 2.75) is 158 Å². The van der Waals surface area contributed by atoms with Crippen molar-refractivity contribution in [1.29, 1.82) is 0 Å².